The fraction of sp³-hybridized carbons (Fsp3) is 0.125. The molecule has 0 aliphatic heterocycles. The van der Waals surface area contributed by atoms with Crippen molar-refractivity contribution in [3.05, 3.63) is 53.6 Å². The standard InChI is InChI=1S/C16H13ClN2O3/c1-19(11-6-3-2-4-7-11)14(20)10-21-16-18-13-9-5-8-12(17)15(13)22-16/h2-9H,10H2,1H3. The number of halogens is 1. The maximum absolute atomic E-state index is 12.1. The zero-order chi connectivity index (χ0) is 15.5. The van der Waals surface area contributed by atoms with Crippen molar-refractivity contribution < 1.29 is 13.9 Å². The van der Waals surface area contributed by atoms with Gasteiger partial charge in [0.25, 0.3) is 5.91 Å². The van der Waals surface area contributed by atoms with Crippen LogP contribution in [0.15, 0.2) is 52.9 Å². The molecule has 5 nitrogen and oxygen atoms in total. The lowest BCUT2D eigenvalue weighted by molar-refractivity contribution is -0.120. The van der Waals surface area contributed by atoms with Crippen molar-refractivity contribution in [1.29, 1.82) is 0 Å². The van der Waals surface area contributed by atoms with E-state index in [4.69, 9.17) is 20.8 Å². The minimum Gasteiger partial charge on any atom is -0.440 e. The van der Waals surface area contributed by atoms with Gasteiger partial charge < -0.3 is 14.1 Å². The van der Waals surface area contributed by atoms with Crippen LogP contribution in [0, 0.1) is 0 Å². The van der Waals surface area contributed by atoms with E-state index in [0.717, 1.165) is 5.69 Å². The number of aromatic nitrogens is 1. The SMILES string of the molecule is CN(C(=O)COc1nc2cccc(Cl)c2o1)c1ccccc1. The van der Waals surface area contributed by atoms with Crippen molar-refractivity contribution in [3.8, 4) is 6.08 Å². The Morgan fingerprint density at radius 3 is 2.73 bits per heavy atom. The van der Waals surface area contributed by atoms with E-state index in [1.807, 2.05) is 30.3 Å². The molecule has 1 aromatic heterocycles. The number of anilines is 1. The maximum atomic E-state index is 12.1. The van der Waals surface area contributed by atoms with Gasteiger partial charge in [-0.3, -0.25) is 4.79 Å². The number of rotatable bonds is 4. The maximum Gasteiger partial charge on any atom is 0.395 e. The van der Waals surface area contributed by atoms with Gasteiger partial charge in [-0.2, -0.15) is 4.98 Å². The fourth-order valence-electron chi connectivity index (χ4n) is 1.97. The van der Waals surface area contributed by atoms with Crippen LogP contribution in [0.25, 0.3) is 11.1 Å². The van der Waals surface area contributed by atoms with Crippen LogP contribution in [0.2, 0.25) is 5.02 Å². The number of benzene rings is 2. The highest BCUT2D eigenvalue weighted by Crippen LogP contribution is 2.27. The average Bonchev–Trinajstić information content (AvgIpc) is 2.97. The van der Waals surface area contributed by atoms with E-state index in [1.165, 1.54) is 4.90 Å². The number of carbonyl (C=O) groups is 1. The number of hydrogen-bond donors (Lipinski definition) is 0. The molecule has 0 atom stereocenters. The van der Waals surface area contributed by atoms with Crippen LogP contribution in [-0.2, 0) is 4.79 Å². The third-order valence-electron chi connectivity index (χ3n) is 3.18. The molecule has 2 aromatic carbocycles. The molecule has 1 heterocycles. The first kappa shape index (κ1) is 14.4. The van der Waals surface area contributed by atoms with Crippen LogP contribution in [0.5, 0.6) is 6.08 Å². The number of oxazole rings is 1. The van der Waals surface area contributed by atoms with E-state index in [9.17, 15) is 4.79 Å². The zero-order valence-electron chi connectivity index (χ0n) is 11.8. The van der Waals surface area contributed by atoms with Crippen molar-refractivity contribution >= 4 is 34.3 Å². The largest absolute Gasteiger partial charge is 0.440 e. The third-order valence-corrected chi connectivity index (χ3v) is 3.48. The zero-order valence-corrected chi connectivity index (χ0v) is 12.6. The Hall–Kier alpha value is -2.53. The highest BCUT2D eigenvalue weighted by atomic mass is 35.5. The molecule has 112 valence electrons. The summed E-state index contributed by atoms with van der Waals surface area (Å²) in [6, 6.07) is 14.5. The number of ether oxygens (including phenoxy) is 1. The van der Waals surface area contributed by atoms with E-state index in [0.29, 0.717) is 16.1 Å². The van der Waals surface area contributed by atoms with Gasteiger partial charge in [-0.25, -0.2) is 0 Å². The monoisotopic (exact) mass is 316 g/mol. The Kier molecular flexibility index (Phi) is 3.98. The van der Waals surface area contributed by atoms with E-state index in [-0.39, 0.29) is 18.6 Å². The lowest BCUT2D eigenvalue weighted by Gasteiger charge is -2.16. The molecular weight excluding hydrogens is 304 g/mol. The second-order valence-electron chi connectivity index (χ2n) is 4.64. The van der Waals surface area contributed by atoms with Gasteiger partial charge >= 0.3 is 6.08 Å². The van der Waals surface area contributed by atoms with E-state index >= 15 is 0 Å². The number of para-hydroxylation sites is 2. The molecule has 0 spiro atoms. The molecule has 22 heavy (non-hydrogen) atoms. The highest BCUT2D eigenvalue weighted by Gasteiger charge is 2.14. The first-order valence-electron chi connectivity index (χ1n) is 6.64. The first-order chi connectivity index (χ1) is 10.6. The predicted octanol–water partition coefficient (Wildman–Crippen LogP) is 3.52. The molecule has 0 unspecified atom stereocenters. The summed E-state index contributed by atoms with van der Waals surface area (Å²) >= 11 is 6.00. The van der Waals surface area contributed by atoms with E-state index in [2.05, 4.69) is 4.98 Å². The van der Waals surface area contributed by atoms with Gasteiger partial charge in [-0.15, -0.1) is 0 Å². The smallest absolute Gasteiger partial charge is 0.395 e. The summed E-state index contributed by atoms with van der Waals surface area (Å²) in [7, 11) is 1.68. The second kappa shape index (κ2) is 6.07. The quantitative estimate of drug-likeness (QED) is 0.739. The molecule has 3 rings (SSSR count). The molecule has 0 bridgehead atoms. The van der Waals surface area contributed by atoms with Gasteiger partial charge in [0.15, 0.2) is 12.2 Å². The van der Waals surface area contributed by atoms with E-state index < -0.39 is 0 Å². The molecular formula is C16H13ClN2O3. The fourth-order valence-corrected chi connectivity index (χ4v) is 2.18. The lowest BCUT2D eigenvalue weighted by atomic mass is 10.3. The van der Waals surface area contributed by atoms with Gasteiger partial charge in [-0.05, 0) is 24.3 Å². The third kappa shape index (κ3) is 2.89. The normalized spacial score (nSPS) is 10.6. The molecule has 0 radical (unpaired) electrons. The average molecular weight is 317 g/mol. The summed E-state index contributed by atoms with van der Waals surface area (Å²) in [6.45, 7) is -0.171. The summed E-state index contributed by atoms with van der Waals surface area (Å²) in [4.78, 5) is 17.7. The summed E-state index contributed by atoms with van der Waals surface area (Å²) in [6.07, 6.45) is 0.0258. The molecule has 0 aliphatic rings. The Morgan fingerprint density at radius 1 is 1.23 bits per heavy atom. The molecule has 0 aliphatic carbocycles. The van der Waals surface area contributed by atoms with E-state index in [1.54, 1.807) is 25.2 Å². The van der Waals surface area contributed by atoms with Crippen LogP contribution in [0.4, 0.5) is 5.69 Å². The number of likely N-dealkylation sites (N-methyl/N-ethyl adjacent to an activating group) is 1. The molecule has 0 N–H and O–H groups in total. The molecule has 3 aromatic rings. The van der Waals surface area contributed by atoms with Crippen molar-refractivity contribution in [2.75, 3.05) is 18.6 Å². The summed E-state index contributed by atoms with van der Waals surface area (Å²) < 4.78 is 10.7. The first-order valence-corrected chi connectivity index (χ1v) is 7.02. The van der Waals surface area contributed by atoms with Crippen LogP contribution in [0.3, 0.4) is 0 Å². The number of carbonyl (C=O) groups excluding carboxylic acids is 1. The molecule has 0 saturated heterocycles. The summed E-state index contributed by atoms with van der Waals surface area (Å²) in [5.74, 6) is -0.209. The van der Waals surface area contributed by atoms with Crippen molar-refractivity contribution in [2.24, 2.45) is 0 Å². The number of nitrogens with zero attached hydrogens (tertiary/aromatic N) is 2. The number of hydrogen-bond acceptors (Lipinski definition) is 4. The van der Waals surface area contributed by atoms with Crippen molar-refractivity contribution in [3.63, 3.8) is 0 Å². The second-order valence-corrected chi connectivity index (χ2v) is 5.05. The van der Waals surface area contributed by atoms with Crippen LogP contribution in [0.1, 0.15) is 0 Å². The van der Waals surface area contributed by atoms with Crippen LogP contribution >= 0.6 is 11.6 Å². The van der Waals surface area contributed by atoms with Gasteiger partial charge in [-0.1, -0.05) is 35.9 Å². The molecule has 0 fully saturated rings. The minimum absolute atomic E-state index is 0.0258. The Labute approximate surface area is 132 Å². The summed E-state index contributed by atoms with van der Waals surface area (Å²) in [5, 5.41) is 0.451. The van der Waals surface area contributed by atoms with Crippen molar-refractivity contribution in [2.45, 2.75) is 0 Å². The lowest BCUT2D eigenvalue weighted by Crippen LogP contribution is -2.31. The van der Waals surface area contributed by atoms with Crippen molar-refractivity contribution in [1.82, 2.24) is 4.98 Å². The summed E-state index contributed by atoms with van der Waals surface area (Å²) in [5.41, 5.74) is 1.83. The van der Waals surface area contributed by atoms with Gasteiger partial charge in [0.05, 0.1) is 5.02 Å². The topological polar surface area (TPSA) is 55.6 Å². The minimum atomic E-state index is -0.209. The Balaban J connectivity index is 1.68. The Morgan fingerprint density at radius 2 is 2.00 bits per heavy atom. The van der Waals surface area contributed by atoms with Crippen LogP contribution < -0.4 is 9.64 Å². The van der Waals surface area contributed by atoms with Crippen LogP contribution in [-0.4, -0.2) is 24.5 Å². The molecule has 0 saturated carbocycles. The number of fused-ring (bicyclic) bond motifs is 1. The highest BCUT2D eigenvalue weighted by molar-refractivity contribution is 6.34. The molecule has 6 heteroatoms. The Bertz CT molecular complexity index is 802. The van der Waals surface area contributed by atoms with Gasteiger partial charge in [0, 0.05) is 12.7 Å². The van der Waals surface area contributed by atoms with Gasteiger partial charge in [0.1, 0.15) is 5.52 Å². The molecule has 1 amide bonds. The van der Waals surface area contributed by atoms with Gasteiger partial charge in [0.2, 0.25) is 0 Å². The predicted molar refractivity (Wildman–Crippen MR) is 84.4 cm³/mol. The number of amides is 1.